The molecule has 1 N–H and O–H groups in total. The Morgan fingerprint density at radius 3 is 2.81 bits per heavy atom. The summed E-state index contributed by atoms with van der Waals surface area (Å²) in [5.74, 6) is 1.08. The Bertz CT molecular complexity index is 654. The zero-order chi connectivity index (χ0) is 14.7. The topological polar surface area (TPSA) is 32.7 Å². The van der Waals surface area contributed by atoms with Crippen molar-refractivity contribution in [3.05, 3.63) is 42.0 Å². The van der Waals surface area contributed by atoms with Gasteiger partial charge in [0, 0.05) is 18.8 Å². The molecule has 0 bridgehead atoms. The van der Waals surface area contributed by atoms with Gasteiger partial charge in [-0.15, -0.1) is 0 Å². The normalized spacial score (nSPS) is 15.3. The van der Waals surface area contributed by atoms with E-state index in [0.717, 1.165) is 47.3 Å². The van der Waals surface area contributed by atoms with E-state index in [9.17, 15) is 5.11 Å². The maximum atomic E-state index is 9.86. The zero-order valence-corrected chi connectivity index (χ0v) is 13.3. The molecule has 0 aliphatic carbocycles. The second-order valence-corrected chi connectivity index (χ2v) is 6.59. The predicted molar refractivity (Wildman–Crippen MR) is 91.9 cm³/mol. The molecule has 1 heterocycles. The lowest BCUT2D eigenvalue weighted by Crippen LogP contribution is -2.38. The summed E-state index contributed by atoms with van der Waals surface area (Å²) in [6.45, 7) is 3.23. The van der Waals surface area contributed by atoms with Crippen LogP contribution in [0.1, 0.15) is 5.56 Å². The minimum Gasteiger partial charge on any atom is -0.508 e. The lowest BCUT2D eigenvalue weighted by Gasteiger charge is -2.28. The summed E-state index contributed by atoms with van der Waals surface area (Å²) in [6.07, 6.45) is 0. The molecule has 5 heteroatoms. The number of nitrogens with zero attached hydrogens (tertiary/aromatic N) is 1. The van der Waals surface area contributed by atoms with Gasteiger partial charge in [0.25, 0.3) is 0 Å². The van der Waals surface area contributed by atoms with E-state index in [4.69, 9.17) is 17.0 Å². The van der Waals surface area contributed by atoms with E-state index in [1.54, 1.807) is 17.8 Å². The lowest BCUT2D eigenvalue weighted by atomic mass is 10.1. The molecule has 3 rings (SSSR count). The van der Waals surface area contributed by atoms with E-state index in [1.807, 2.05) is 24.3 Å². The standard InChI is InChI=1S/C16H17NO2S2/c18-14-9-12-3-1-2-4-15(12)13(10-14)11-21-16(20)17-5-7-19-8-6-17/h1-4,9-10,18H,5-8,11H2. The number of phenols is 1. The number of rotatable bonds is 2. The summed E-state index contributed by atoms with van der Waals surface area (Å²) in [5.41, 5.74) is 1.12. The highest BCUT2D eigenvalue weighted by Crippen LogP contribution is 2.28. The molecule has 1 fully saturated rings. The highest BCUT2D eigenvalue weighted by atomic mass is 32.2. The second kappa shape index (κ2) is 6.64. The van der Waals surface area contributed by atoms with Crippen LogP contribution < -0.4 is 0 Å². The number of thioether (sulfide) groups is 1. The van der Waals surface area contributed by atoms with E-state index in [0.29, 0.717) is 5.75 Å². The molecule has 3 nitrogen and oxygen atoms in total. The summed E-state index contributed by atoms with van der Waals surface area (Å²) in [6, 6.07) is 11.7. The van der Waals surface area contributed by atoms with Crippen LogP contribution in [0, 0.1) is 0 Å². The Labute approximate surface area is 133 Å². The van der Waals surface area contributed by atoms with Crippen LogP contribution in [-0.2, 0) is 10.5 Å². The van der Waals surface area contributed by atoms with E-state index in [1.165, 1.54) is 5.39 Å². The molecular weight excluding hydrogens is 302 g/mol. The number of thiocarbonyl (C=S) groups is 1. The molecule has 0 amide bonds. The maximum absolute atomic E-state index is 9.86. The largest absolute Gasteiger partial charge is 0.508 e. The van der Waals surface area contributed by atoms with Crippen LogP contribution in [-0.4, -0.2) is 40.6 Å². The molecule has 0 aromatic heterocycles. The predicted octanol–water partition coefficient (Wildman–Crippen LogP) is 3.40. The Morgan fingerprint density at radius 1 is 1.24 bits per heavy atom. The first kappa shape index (κ1) is 14.6. The number of phenolic OH excluding ortho intramolecular Hbond substituents is 1. The molecule has 2 aromatic rings. The Balaban J connectivity index is 1.74. The van der Waals surface area contributed by atoms with Crippen molar-refractivity contribution in [3.8, 4) is 5.75 Å². The summed E-state index contributed by atoms with van der Waals surface area (Å²) in [5, 5.41) is 12.1. The minimum atomic E-state index is 0.307. The van der Waals surface area contributed by atoms with Gasteiger partial charge in [-0.05, 0) is 28.5 Å². The maximum Gasteiger partial charge on any atom is 0.136 e. The van der Waals surface area contributed by atoms with Crippen molar-refractivity contribution in [1.82, 2.24) is 4.90 Å². The summed E-state index contributed by atoms with van der Waals surface area (Å²) in [7, 11) is 0. The van der Waals surface area contributed by atoms with Gasteiger partial charge in [-0.25, -0.2) is 0 Å². The molecule has 0 radical (unpaired) electrons. The van der Waals surface area contributed by atoms with Crippen LogP contribution in [0.15, 0.2) is 36.4 Å². The fourth-order valence-electron chi connectivity index (χ4n) is 2.47. The highest BCUT2D eigenvalue weighted by molar-refractivity contribution is 8.22. The van der Waals surface area contributed by atoms with Gasteiger partial charge in [0.05, 0.1) is 13.2 Å². The molecular formula is C16H17NO2S2. The van der Waals surface area contributed by atoms with Gasteiger partial charge in [0.1, 0.15) is 10.1 Å². The van der Waals surface area contributed by atoms with Crippen molar-refractivity contribution in [2.45, 2.75) is 5.75 Å². The van der Waals surface area contributed by atoms with Gasteiger partial charge in [0.15, 0.2) is 0 Å². The van der Waals surface area contributed by atoms with E-state index in [-0.39, 0.29) is 0 Å². The smallest absolute Gasteiger partial charge is 0.136 e. The molecule has 21 heavy (non-hydrogen) atoms. The number of benzene rings is 2. The summed E-state index contributed by atoms with van der Waals surface area (Å²) < 4.78 is 6.25. The molecule has 0 saturated carbocycles. The van der Waals surface area contributed by atoms with Gasteiger partial charge >= 0.3 is 0 Å². The SMILES string of the molecule is Oc1cc(CSC(=S)N2CCOCC2)c2ccccc2c1. The third-order valence-corrected chi connectivity index (χ3v) is 5.12. The third-order valence-electron chi connectivity index (χ3n) is 3.55. The number of aromatic hydroxyl groups is 1. The van der Waals surface area contributed by atoms with Gasteiger partial charge < -0.3 is 14.7 Å². The summed E-state index contributed by atoms with van der Waals surface area (Å²) >= 11 is 7.15. The van der Waals surface area contributed by atoms with Gasteiger partial charge in [-0.1, -0.05) is 48.2 Å². The Kier molecular flexibility index (Phi) is 4.63. The van der Waals surface area contributed by atoms with Crippen molar-refractivity contribution < 1.29 is 9.84 Å². The molecule has 2 aromatic carbocycles. The molecule has 1 aliphatic rings. The monoisotopic (exact) mass is 319 g/mol. The fourth-order valence-corrected chi connectivity index (χ4v) is 3.71. The van der Waals surface area contributed by atoms with Crippen molar-refractivity contribution in [3.63, 3.8) is 0 Å². The number of hydrogen-bond donors (Lipinski definition) is 1. The molecule has 1 aliphatic heterocycles. The molecule has 0 spiro atoms. The van der Waals surface area contributed by atoms with Crippen molar-refractivity contribution in [2.24, 2.45) is 0 Å². The van der Waals surface area contributed by atoms with Crippen molar-refractivity contribution in [1.29, 1.82) is 0 Å². The summed E-state index contributed by atoms with van der Waals surface area (Å²) in [4.78, 5) is 2.19. The molecule has 110 valence electrons. The molecule has 0 atom stereocenters. The van der Waals surface area contributed by atoms with Crippen LogP contribution in [0.25, 0.3) is 10.8 Å². The first-order chi connectivity index (χ1) is 10.2. The van der Waals surface area contributed by atoms with Gasteiger partial charge in [0.2, 0.25) is 0 Å². The lowest BCUT2D eigenvalue weighted by molar-refractivity contribution is 0.0702. The van der Waals surface area contributed by atoms with Crippen LogP contribution in [0.5, 0.6) is 5.75 Å². The molecule has 0 unspecified atom stereocenters. The van der Waals surface area contributed by atoms with E-state index >= 15 is 0 Å². The molecule has 1 saturated heterocycles. The first-order valence-corrected chi connectivity index (χ1v) is 8.33. The average Bonchev–Trinajstić information content (AvgIpc) is 2.53. The zero-order valence-electron chi connectivity index (χ0n) is 11.6. The Hall–Kier alpha value is -1.30. The van der Waals surface area contributed by atoms with Crippen LogP contribution in [0.2, 0.25) is 0 Å². The van der Waals surface area contributed by atoms with Crippen LogP contribution in [0.3, 0.4) is 0 Å². The van der Waals surface area contributed by atoms with Crippen molar-refractivity contribution in [2.75, 3.05) is 26.3 Å². The van der Waals surface area contributed by atoms with Gasteiger partial charge in [-0.2, -0.15) is 0 Å². The quantitative estimate of drug-likeness (QED) is 0.858. The third kappa shape index (κ3) is 3.48. The van der Waals surface area contributed by atoms with E-state index in [2.05, 4.69) is 11.0 Å². The van der Waals surface area contributed by atoms with Gasteiger partial charge in [-0.3, -0.25) is 0 Å². The number of fused-ring (bicyclic) bond motifs is 1. The average molecular weight is 319 g/mol. The minimum absolute atomic E-state index is 0.307. The second-order valence-electron chi connectivity index (χ2n) is 4.98. The fraction of sp³-hybridized carbons (Fsp3) is 0.312. The Morgan fingerprint density at radius 2 is 2.00 bits per heavy atom. The van der Waals surface area contributed by atoms with Crippen molar-refractivity contribution >= 4 is 39.1 Å². The first-order valence-electron chi connectivity index (χ1n) is 6.94. The van der Waals surface area contributed by atoms with E-state index < -0.39 is 0 Å². The van der Waals surface area contributed by atoms with Crippen LogP contribution >= 0.6 is 24.0 Å². The number of ether oxygens (including phenoxy) is 1. The van der Waals surface area contributed by atoms with Crippen LogP contribution in [0.4, 0.5) is 0 Å². The highest BCUT2D eigenvalue weighted by Gasteiger charge is 2.14. The number of morpholine rings is 1. The number of hydrogen-bond acceptors (Lipinski definition) is 4.